The minimum Gasteiger partial charge on any atom is -0.490 e. The zero-order valence-corrected chi connectivity index (χ0v) is 18.0. The number of amides is 2. The van der Waals surface area contributed by atoms with Crippen LogP contribution in [0.4, 0.5) is 5.69 Å². The van der Waals surface area contributed by atoms with Gasteiger partial charge in [0.15, 0.2) is 0 Å². The molecule has 1 fully saturated rings. The Kier molecular flexibility index (Phi) is 6.22. The van der Waals surface area contributed by atoms with E-state index in [0.717, 1.165) is 16.9 Å². The summed E-state index contributed by atoms with van der Waals surface area (Å²) in [7, 11) is 0. The van der Waals surface area contributed by atoms with Crippen molar-refractivity contribution in [3.63, 3.8) is 0 Å². The molecule has 2 amide bonds. The summed E-state index contributed by atoms with van der Waals surface area (Å²) in [6.07, 6.45) is 1.57. The molecule has 0 bridgehead atoms. The molecule has 6 heteroatoms. The Morgan fingerprint density at radius 1 is 0.875 bits per heavy atom. The van der Waals surface area contributed by atoms with Crippen LogP contribution in [0, 0.1) is 13.8 Å². The highest BCUT2D eigenvalue weighted by atomic mass is 16.5. The lowest BCUT2D eigenvalue weighted by molar-refractivity contribution is -0.117. The molecule has 32 heavy (non-hydrogen) atoms. The predicted octanol–water partition coefficient (Wildman–Crippen LogP) is 4.22. The first-order chi connectivity index (χ1) is 15.5. The van der Waals surface area contributed by atoms with Gasteiger partial charge in [-0.1, -0.05) is 42.5 Å². The van der Waals surface area contributed by atoms with E-state index in [0.29, 0.717) is 30.2 Å². The van der Waals surface area contributed by atoms with Crippen molar-refractivity contribution in [2.45, 2.75) is 13.8 Å². The van der Waals surface area contributed by atoms with Crippen molar-refractivity contribution in [2.75, 3.05) is 18.2 Å². The first-order valence-electron chi connectivity index (χ1n) is 10.4. The van der Waals surface area contributed by atoms with E-state index in [1.54, 1.807) is 36.4 Å². The van der Waals surface area contributed by atoms with Gasteiger partial charge in [-0.2, -0.15) is 0 Å². The third-order valence-electron chi connectivity index (χ3n) is 5.03. The van der Waals surface area contributed by atoms with Crippen LogP contribution in [0.1, 0.15) is 16.7 Å². The van der Waals surface area contributed by atoms with E-state index in [-0.39, 0.29) is 5.57 Å². The summed E-state index contributed by atoms with van der Waals surface area (Å²) in [5.41, 5.74) is 6.20. The van der Waals surface area contributed by atoms with Crippen molar-refractivity contribution in [3.05, 3.63) is 95.1 Å². The van der Waals surface area contributed by atoms with Crippen LogP contribution in [-0.4, -0.2) is 25.0 Å². The number of ether oxygens (including phenoxy) is 2. The summed E-state index contributed by atoms with van der Waals surface area (Å²) in [5, 5.41) is 1.25. The molecule has 6 nitrogen and oxygen atoms in total. The second-order valence-corrected chi connectivity index (χ2v) is 7.51. The Hall–Kier alpha value is -4.06. The number of hydrazine groups is 1. The molecular weight excluding hydrogens is 404 g/mol. The fourth-order valence-corrected chi connectivity index (χ4v) is 3.35. The average molecular weight is 428 g/mol. The number of hydrogen-bond acceptors (Lipinski definition) is 4. The number of nitrogens with one attached hydrogen (secondary N) is 1. The lowest BCUT2D eigenvalue weighted by Crippen LogP contribution is -2.35. The summed E-state index contributed by atoms with van der Waals surface area (Å²) >= 11 is 0. The van der Waals surface area contributed by atoms with Gasteiger partial charge < -0.3 is 9.47 Å². The highest BCUT2D eigenvalue weighted by Crippen LogP contribution is 2.23. The largest absolute Gasteiger partial charge is 0.490 e. The van der Waals surface area contributed by atoms with Gasteiger partial charge in [0.05, 0.1) is 5.69 Å². The average Bonchev–Trinajstić information content (AvgIpc) is 3.08. The lowest BCUT2D eigenvalue weighted by atomic mass is 10.1. The molecule has 0 aliphatic carbocycles. The van der Waals surface area contributed by atoms with Crippen LogP contribution in [-0.2, 0) is 9.59 Å². The van der Waals surface area contributed by atoms with Crippen LogP contribution < -0.4 is 19.9 Å². The number of nitrogens with zero attached hydrogens (tertiary/aromatic N) is 1. The van der Waals surface area contributed by atoms with Gasteiger partial charge in [-0.25, -0.2) is 5.01 Å². The maximum atomic E-state index is 12.7. The number of hydrogen-bond donors (Lipinski definition) is 1. The van der Waals surface area contributed by atoms with E-state index in [4.69, 9.17) is 9.47 Å². The van der Waals surface area contributed by atoms with Crippen molar-refractivity contribution < 1.29 is 19.1 Å². The van der Waals surface area contributed by atoms with Gasteiger partial charge in [-0.3, -0.25) is 15.0 Å². The maximum absolute atomic E-state index is 12.7. The quantitative estimate of drug-likeness (QED) is 0.348. The van der Waals surface area contributed by atoms with Crippen LogP contribution in [0.3, 0.4) is 0 Å². The Bertz CT molecular complexity index is 1170. The number of anilines is 1. The fraction of sp³-hybridized carbons (Fsp3) is 0.154. The molecule has 0 unspecified atom stereocenters. The van der Waals surface area contributed by atoms with Crippen molar-refractivity contribution in [3.8, 4) is 11.5 Å². The molecule has 0 saturated carbocycles. The summed E-state index contributed by atoms with van der Waals surface area (Å²) in [6, 6.07) is 22.3. The lowest BCUT2D eigenvalue weighted by Gasteiger charge is -2.13. The van der Waals surface area contributed by atoms with Crippen LogP contribution in [0.5, 0.6) is 11.5 Å². The Labute approximate surface area is 187 Å². The van der Waals surface area contributed by atoms with Gasteiger partial charge in [0.1, 0.15) is 30.3 Å². The molecular formula is C26H24N2O4. The minimum absolute atomic E-state index is 0.0734. The Morgan fingerprint density at radius 2 is 1.66 bits per heavy atom. The van der Waals surface area contributed by atoms with Gasteiger partial charge >= 0.3 is 0 Å². The summed E-state index contributed by atoms with van der Waals surface area (Å²) in [5.74, 6) is 0.650. The molecule has 1 N–H and O–H groups in total. The van der Waals surface area contributed by atoms with Crippen molar-refractivity contribution in [1.82, 2.24) is 5.43 Å². The van der Waals surface area contributed by atoms with Gasteiger partial charge in [-0.05, 0) is 66.9 Å². The second kappa shape index (κ2) is 9.39. The van der Waals surface area contributed by atoms with Crippen LogP contribution in [0.2, 0.25) is 0 Å². The molecule has 1 saturated heterocycles. The summed E-state index contributed by atoms with van der Waals surface area (Å²) in [4.78, 5) is 25.1. The van der Waals surface area contributed by atoms with E-state index in [9.17, 15) is 9.59 Å². The zero-order chi connectivity index (χ0) is 22.5. The summed E-state index contributed by atoms with van der Waals surface area (Å²) in [6.45, 7) is 4.81. The van der Waals surface area contributed by atoms with Gasteiger partial charge in [0.2, 0.25) is 0 Å². The number of carbonyl (C=O) groups is 2. The fourth-order valence-electron chi connectivity index (χ4n) is 3.35. The van der Waals surface area contributed by atoms with Crippen LogP contribution in [0.25, 0.3) is 6.08 Å². The van der Waals surface area contributed by atoms with Gasteiger partial charge in [0.25, 0.3) is 11.8 Å². The first-order valence-corrected chi connectivity index (χ1v) is 10.4. The van der Waals surface area contributed by atoms with E-state index >= 15 is 0 Å². The summed E-state index contributed by atoms with van der Waals surface area (Å²) < 4.78 is 11.6. The molecule has 0 atom stereocenters. The SMILES string of the molecule is Cc1ccc(C)c(OCCOc2cccc(C=C3C(=O)NN(c4ccccc4)C3=O)c2)c1. The first kappa shape index (κ1) is 21.2. The third-order valence-corrected chi connectivity index (χ3v) is 5.03. The smallest absolute Gasteiger partial charge is 0.282 e. The monoisotopic (exact) mass is 428 g/mol. The van der Waals surface area contributed by atoms with Gasteiger partial charge in [0, 0.05) is 0 Å². The van der Waals surface area contributed by atoms with Crippen LogP contribution in [0.15, 0.2) is 78.4 Å². The minimum atomic E-state index is -0.438. The normalized spacial score (nSPS) is 14.6. The van der Waals surface area contributed by atoms with Crippen LogP contribution >= 0.6 is 0 Å². The standard InChI is InChI=1S/C26H24N2O4/c1-18-11-12-19(2)24(15-18)32-14-13-31-22-10-6-7-20(16-22)17-23-25(29)27-28(26(23)30)21-8-4-3-5-9-21/h3-12,15-17H,13-14H2,1-2H3,(H,27,29). The third kappa shape index (κ3) is 4.81. The molecule has 4 rings (SSSR count). The van der Waals surface area contributed by atoms with E-state index in [1.165, 1.54) is 5.01 Å². The number of aryl methyl sites for hydroxylation is 2. The van der Waals surface area contributed by atoms with Gasteiger partial charge in [-0.15, -0.1) is 0 Å². The number of rotatable bonds is 7. The molecule has 3 aromatic rings. The number of benzene rings is 3. The van der Waals surface area contributed by atoms with E-state index < -0.39 is 11.8 Å². The number of carbonyl (C=O) groups excluding carboxylic acids is 2. The topological polar surface area (TPSA) is 67.9 Å². The highest BCUT2D eigenvalue weighted by Gasteiger charge is 2.34. The molecule has 162 valence electrons. The van der Waals surface area contributed by atoms with Crippen molar-refractivity contribution in [1.29, 1.82) is 0 Å². The Balaban J connectivity index is 1.39. The molecule has 3 aromatic carbocycles. The zero-order valence-electron chi connectivity index (χ0n) is 18.0. The molecule has 1 heterocycles. The van der Waals surface area contributed by atoms with E-state index in [1.807, 2.05) is 56.3 Å². The van der Waals surface area contributed by atoms with Crippen molar-refractivity contribution in [2.24, 2.45) is 0 Å². The van der Waals surface area contributed by atoms with Crippen molar-refractivity contribution >= 4 is 23.6 Å². The maximum Gasteiger partial charge on any atom is 0.282 e. The molecule has 1 aliphatic rings. The van der Waals surface area contributed by atoms with E-state index in [2.05, 4.69) is 5.43 Å². The predicted molar refractivity (Wildman–Crippen MR) is 123 cm³/mol. The molecule has 1 aliphatic heterocycles. The second-order valence-electron chi connectivity index (χ2n) is 7.51. The molecule has 0 aromatic heterocycles. The highest BCUT2D eigenvalue weighted by molar-refractivity contribution is 6.31. The molecule has 0 spiro atoms. The number of para-hydroxylation sites is 1. The Morgan fingerprint density at radius 3 is 2.47 bits per heavy atom. The molecule has 0 radical (unpaired) electrons.